The van der Waals surface area contributed by atoms with E-state index in [1.165, 1.54) is 18.5 Å². The number of carbonyl (C=O) groups is 1. The number of hydrogen-bond acceptors (Lipinski definition) is 4. The van der Waals surface area contributed by atoms with Crippen molar-refractivity contribution in [1.82, 2.24) is 8.61 Å². The lowest BCUT2D eigenvalue weighted by atomic mass is 10.7. The van der Waals surface area contributed by atoms with Crippen LogP contribution in [0, 0.1) is 0 Å². The lowest BCUT2D eigenvalue weighted by Crippen LogP contribution is -2.43. The van der Waals surface area contributed by atoms with Crippen molar-refractivity contribution in [2.45, 2.75) is 13.8 Å². The fraction of sp³-hybridized carbons (Fsp3) is 0.875. The minimum absolute atomic E-state index is 0.269. The summed E-state index contributed by atoms with van der Waals surface area (Å²) >= 11 is 0. The van der Waals surface area contributed by atoms with E-state index in [9.17, 15) is 13.2 Å². The molecular weight excluding hydrogens is 220 g/mol. The molecule has 0 N–H and O–H groups in total. The Bertz CT molecular complexity index is 298. The number of carbonyl (C=O) groups excluding carboxylic acids is 1. The molecule has 0 aliphatic carbocycles. The van der Waals surface area contributed by atoms with Crippen molar-refractivity contribution >= 4 is 16.2 Å². The molecule has 0 atom stereocenters. The van der Waals surface area contributed by atoms with Gasteiger partial charge in [-0.15, -0.1) is 0 Å². The summed E-state index contributed by atoms with van der Waals surface area (Å²) in [6.45, 7) is 3.98. The highest BCUT2D eigenvalue weighted by atomic mass is 32.2. The molecule has 0 bridgehead atoms. The van der Waals surface area contributed by atoms with Gasteiger partial charge < -0.3 is 4.74 Å². The number of methoxy groups -OCH3 is 1. The molecule has 0 heterocycles. The second-order valence-corrected chi connectivity index (χ2v) is 4.96. The number of hydrogen-bond donors (Lipinski definition) is 0. The predicted molar refractivity (Wildman–Crippen MR) is 56.5 cm³/mol. The number of ether oxygens (including phenoxy) is 1. The van der Waals surface area contributed by atoms with E-state index < -0.39 is 16.2 Å². The Morgan fingerprint density at radius 1 is 1.27 bits per heavy atom. The van der Waals surface area contributed by atoms with Gasteiger partial charge in [-0.25, -0.2) is 0 Å². The molecule has 90 valence electrons. The van der Waals surface area contributed by atoms with Crippen LogP contribution in [0.1, 0.15) is 13.8 Å². The summed E-state index contributed by atoms with van der Waals surface area (Å²) in [6, 6.07) is 0. The third kappa shape index (κ3) is 3.77. The average Bonchev–Trinajstić information content (AvgIpc) is 2.18. The van der Waals surface area contributed by atoms with Crippen molar-refractivity contribution in [1.29, 1.82) is 0 Å². The van der Waals surface area contributed by atoms with Gasteiger partial charge in [-0.3, -0.25) is 4.79 Å². The predicted octanol–water partition coefficient (Wildman–Crippen LogP) is -0.322. The Balaban J connectivity index is 4.65. The topological polar surface area (TPSA) is 66.9 Å². The second-order valence-electron chi connectivity index (χ2n) is 2.92. The van der Waals surface area contributed by atoms with Crippen LogP contribution in [0.5, 0.6) is 0 Å². The maximum atomic E-state index is 11.8. The Labute approximate surface area is 91.0 Å². The Kier molecular flexibility index (Phi) is 5.77. The number of rotatable bonds is 6. The first-order valence-electron chi connectivity index (χ1n) is 4.68. The van der Waals surface area contributed by atoms with Crippen molar-refractivity contribution in [3.8, 4) is 0 Å². The van der Waals surface area contributed by atoms with Gasteiger partial charge >= 0.3 is 5.97 Å². The molecule has 0 spiro atoms. The molecule has 0 rings (SSSR count). The van der Waals surface area contributed by atoms with Crippen LogP contribution in [0.2, 0.25) is 0 Å². The van der Waals surface area contributed by atoms with Crippen molar-refractivity contribution in [2.24, 2.45) is 0 Å². The van der Waals surface area contributed by atoms with Crippen LogP contribution in [0.4, 0.5) is 0 Å². The molecule has 7 heteroatoms. The van der Waals surface area contributed by atoms with Gasteiger partial charge in [0.2, 0.25) is 0 Å². The number of likely N-dealkylation sites (N-methyl/N-ethyl adjacent to an activating group) is 1. The summed E-state index contributed by atoms with van der Waals surface area (Å²) < 4.78 is 30.2. The third-order valence-electron chi connectivity index (χ3n) is 2.01. The second kappa shape index (κ2) is 6.04. The highest BCUT2D eigenvalue weighted by molar-refractivity contribution is 7.86. The van der Waals surface area contributed by atoms with E-state index in [0.717, 1.165) is 4.31 Å². The zero-order valence-corrected chi connectivity index (χ0v) is 10.4. The van der Waals surface area contributed by atoms with Crippen molar-refractivity contribution in [3.05, 3.63) is 0 Å². The SMILES string of the molecule is CCN(CC)S(=O)(=O)N(C)CC(=O)OC. The molecular formula is C8H18N2O4S. The molecule has 0 aromatic rings. The summed E-state index contributed by atoms with van der Waals surface area (Å²) in [5, 5.41) is 0. The lowest BCUT2D eigenvalue weighted by molar-refractivity contribution is -0.140. The van der Waals surface area contributed by atoms with Gasteiger partial charge in [-0.1, -0.05) is 13.8 Å². The van der Waals surface area contributed by atoms with Crippen molar-refractivity contribution in [2.75, 3.05) is 33.8 Å². The van der Waals surface area contributed by atoms with Gasteiger partial charge in [0.25, 0.3) is 10.2 Å². The van der Waals surface area contributed by atoms with Crippen LogP contribution in [0.25, 0.3) is 0 Å². The largest absolute Gasteiger partial charge is 0.468 e. The third-order valence-corrected chi connectivity index (χ3v) is 4.09. The molecule has 0 radical (unpaired) electrons. The Morgan fingerprint density at radius 3 is 2.07 bits per heavy atom. The minimum atomic E-state index is -3.54. The first kappa shape index (κ1) is 14.3. The molecule has 0 aliphatic rings. The minimum Gasteiger partial charge on any atom is -0.468 e. The number of nitrogens with zero attached hydrogens (tertiary/aromatic N) is 2. The van der Waals surface area contributed by atoms with E-state index in [4.69, 9.17) is 0 Å². The van der Waals surface area contributed by atoms with E-state index >= 15 is 0 Å². The van der Waals surface area contributed by atoms with Crippen LogP contribution in [-0.2, 0) is 19.7 Å². The van der Waals surface area contributed by atoms with E-state index in [-0.39, 0.29) is 6.54 Å². The molecule has 0 amide bonds. The summed E-state index contributed by atoms with van der Waals surface area (Å²) in [4.78, 5) is 10.9. The lowest BCUT2D eigenvalue weighted by Gasteiger charge is -2.24. The average molecular weight is 238 g/mol. The van der Waals surface area contributed by atoms with Gasteiger partial charge in [-0.05, 0) is 0 Å². The van der Waals surface area contributed by atoms with Crippen LogP contribution in [0.3, 0.4) is 0 Å². The first-order valence-corrected chi connectivity index (χ1v) is 6.08. The highest BCUT2D eigenvalue weighted by Crippen LogP contribution is 2.05. The van der Waals surface area contributed by atoms with Gasteiger partial charge in [-0.2, -0.15) is 17.0 Å². The van der Waals surface area contributed by atoms with Gasteiger partial charge in [0.1, 0.15) is 6.54 Å². The van der Waals surface area contributed by atoms with Gasteiger partial charge in [0.05, 0.1) is 7.11 Å². The summed E-state index contributed by atoms with van der Waals surface area (Å²) in [5.41, 5.74) is 0. The van der Waals surface area contributed by atoms with E-state index in [0.29, 0.717) is 13.1 Å². The van der Waals surface area contributed by atoms with Gasteiger partial charge in [0, 0.05) is 20.1 Å². The maximum Gasteiger partial charge on any atom is 0.321 e. The number of esters is 1. The van der Waals surface area contributed by atoms with E-state index in [1.54, 1.807) is 13.8 Å². The summed E-state index contributed by atoms with van der Waals surface area (Å²) in [7, 11) is -0.966. The van der Waals surface area contributed by atoms with Crippen LogP contribution >= 0.6 is 0 Å². The molecule has 0 aliphatic heterocycles. The molecule has 0 aromatic carbocycles. The Hall–Kier alpha value is -0.660. The monoisotopic (exact) mass is 238 g/mol. The van der Waals surface area contributed by atoms with E-state index in [1.807, 2.05) is 0 Å². The van der Waals surface area contributed by atoms with E-state index in [2.05, 4.69) is 4.74 Å². The smallest absolute Gasteiger partial charge is 0.321 e. The fourth-order valence-electron chi connectivity index (χ4n) is 1.07. The van der Waals surface area contributed by atoms with Gasteiger partial charge in [0.15, 0.2) is 0 Å². The quantitative estimate of drug-likeness (QED) is 0.595. The molecule has 0 aromatic heterocycles. The molecule has 0 saturated carbocycles. The zero-order valence-electron chi connectivity index (χ0n) is 9.56. The first-order chi connectivity index (χ1) is 6.89. The van der Waals surface area contributed by atoms with Crippen LogP contribution in [-0.4, -0.2) is 56.8 Å². The Morgan fingerprint density at radius 2 is 1.73 bits per heavy atom. The van der Waals surface area contributed by atoms with Crippen LogP contribution < -0.4 is 0 Å². The molecule has 0 unspecified atom stereocenters. The molecule has 15 heavy (non-hydrogen) atoms. The molecule has 0 saturated heterocycles. The standard InChI is InChI=1S/C8H18N2O4S/c1-5-10(6-2)15(12,13)9(3)7-8(11)14-4/h5-7H2,1-4H3. The maximum absolute atomic E-state index is 11.8. The fourth-order valence-corrected chi connectivity index (χ4v) is 2.39. The zero-order chi connectivity index (χ0) is 12.1. The normalized spacial score (nSPS) is 12.1. The molecule has 0 fully saturated rings. The summed E-state index contributed by atoms with van der Waals surface area (Å²) in [5.74, 6) is -0.576. The highest BCUT2D eigenvalue weighted by Gasteiger charge is 2.26. The van der Waals surface area contributed by atoms with Crippen LogP contribution in [0.15, 0.2) is 0 Å². The van der Waals surface area contributed by atoms with Crippen molar-refractivity contribution in [3.63, 3.8) is 0 Å². The summed E-state index contributed by atoms with van der Waals surface area (Å²) in [6.07, 6.45) is 0. The van der Waals surface area contributed by atoms with Crippen molar-refractivity contribution < 1.29 is 17.9 Å². The molecule has 6 nitrogen and oxygen atoms in total.